The highest BCUT2D eigenvalue weighted by Crippen LogP contribution is 2.35. The van der Waals surface area contributed by atoms with Gasteiger partial charge in [0, 0.05) is 19.1 Å². The van der Waals surface area contributed by atoms with E-state index >= 15 is 0 Å². The Morgan fingerprint density at radius 1 is 1.19 bits per heavy atom. The molecule has 2 unspecified atom stereocenters. The van der Waals surface area contributed by atoms with Gasteiger partial charge in [-0.15, -0.1) is 0 Å². The van der Waals surface area contributed by atoms with Gasteiger partial charge in [0.15, 0.2) is 11.6 Å². The van der Waals surface area contributed by atoms with Crippen LogP contribution in [0.2, 0.25) is 0 Å². The standard InChI is InChI=1S/C14H14O7/c1-21-14(20)10(15)7-9(12(17)13(14,18)19)11(16)8-5-3-2-4-6-8/h2-6,9,18-20H,7H2,1H3. The molecule has 0 aliphatic heterocycles. The topological polar surface area (TPSA) is 121 Å². The molecule has 0 aromatic heterocycles. The summed E-state index contributed by atoms with van der Waals surface area (Å²) in [5.41, 5.74) is 0.155. The number of ketones is 3. The first kappa shape index (κ1) is 15.5. The van der Waals surface area contributed by atoms with Crippen LogP contribution < -0.4 is 0 Å². The normalized spacial score (nSPS) is 28.5. The summed E-state index contributed by atoms with van der Waals surface area (Å²) in [6.07, 6.45) is -0.667. The fourth-order valence-corrected chi connectivity index (χ4v) is 2.29. The Labute approximate surface area is 119 Å². The van der Waals surface area contributed by atoms with Crippen LogP contribution in [-0.4, -0.2) is 51.4 Å². The monoisotopic (exact) mass is 294 g/mol. The second kappa shape index (κ2) is 5.12. The summed E-state index contributed by atoms with van der Waals surface area (Å²) in [4.78, 5) is 36.1. The number of methoxy groups -OCH3 is 1. The molecule has 2 rings (SSSR count). The third-order valence-electron chi connectivity index (χ3n) is 3.57. The summed E-state index contributed by atoms with van der Waals surface area (Å²) in [5, 5.41) is 29.3. The van der Waals surface area contributed by atoms with Crippen LogP contribution >= 0.6 is 0 Å². The number of aliphatic hydroxyl groups is 3. The molecule has 0 radical (unpaired) electrons. The van der Waals surface area contributed by atoms with Gasteiger partial charge in [0.2, 0.25) is 5.78 Å². The number of ether oxygens (including phenoxy) is 1. The maximum absolute atomic E-state index is 12.2. The molecule has 1 aliphatic rings. The third-order valence-corrected chi connectivity index (χ3v) is 3.57. The van der Waals surface area contributed by atoms with Crippen LogP contribution in [-0.2, 0) is 14.3 Å². The molecule has 21 heavy (non-hydrogen) atoms. The van der Waals surface area contributed by atoms with Crippen molar-refractivity contribution < 1.29 is 34.4 Å². The molecule has 1 aromatic carbocycles. The maximum atomic E-state index is 12.2. The predicted octanol–water partition coefficient (Wildman–Crippen LogP) is -0.957. The molecule has 0 heterocycles. The highest BCUT2D eigenvalue weighted by atomic mass is 16.7. The molecule has 1 fully saturated rings. The summed E-state index contributed by atoms with van der Waals surface area (Å²) >= 11 is 0. The molecule has 1 saturated carbocycles. The summed E-state index contributed by atoms with van der Waals surface area (Å²) < 4.78 is 4.38. The smallest absolute Gasteiger partial charge is 0.290 e. The van der Waals surface area contributed by atoms with Gasteiger partial charge in [-0.2, -0.15) is 0 Å². The van der Waals surface area contributed by atoms with Crippen LogP contribution in [0.25, 0.3) is 0 Å². The van der Waals surface area contributed by atoms with Crippen molar-refractivity contribution in [2.75, 3.05) is 7.11 Å². The molecule has 7 heteroatoms. The van der Waals surface area contributed by atoms with Gasteiger partial charge < -0.3 is 20.1 Å². The lowest BCUT2D eigenvalue weighted by Gasteiger charge is -2.40. The summed E-state index contributed by atoms with van der Waals surface area (Å²) in [5.74, 6) is -11.4. The van der Waals surface area contributed by atoms with Crippen molar-refractivity contribution in [3.8, 4) is 0 Å². The number of hydrogen-bond donors (Lipinski definition) is 3. The predicted molar refractivity (Wildman–Crippen MR) is 68.0 cm³/mol. The zero-order valence-electron chi connectivity index (χ0n) is 11.1. The molecule has 0 spiro atoms. The lowest BCUT2D eigenvalue weighted by molar-refractivity contribution is -0.332. The van der Waals surface area contributed by atoms with Crippen molar-refractivity contribution in [3.05, 3.63) is 35.9 Å². The quantitative estimate of drug-likeness (QED) is 0.373. The molecule has 0 saturated heterocycles. The van der Waals surface area contributed by atoms with Gasteiger partial charge in [-0.05, 0) is 0 Å². The van der Waals surface area contributed by atoms with Gasteiger partial charge in [-0.25, -0.2) is 0 Å². The molecule has 1 aromatic rings. The number of benzene rings is 1. The second-order valence-corrected chi connectivity index (χ2v) is 4.79. The third kappa shape index (κ3) is 2.20. The van der Waals surface area contributed by atoms with Gasteiger partial charge in [0.25, 0.3) is 11.6 Å². The zero-order valence-corrected chi connectivity index (χ0v) is 11.1. The number of carbonyl (C=O) groups is 3. The van der Waals surface area contributed by atoms with E-state index in [0.717, 1.165) is 7.11 Å². The van der Waals surface area contributed by atoms with Crippen LogP contribution in [0.3, 0.4) is 0 Å². The lowest BCUT2D eigenvalue weighted by atomic mass is 9.75. The molecule has 1 aliphatic carbocycles. The fourth-order valence-electron chi connectivity index (χ4n) is 2.29. The molecular formula is C14H14O7. The maximum Gasteiger partial charge on any atom is 0.290 e. The minimum Gasteiger partial charge on any atom is -0.355 e. The summed E-state index contributed by atoms with van der Waals surface area (Å²) in [6, 6.07) is 7.68. The van der Waals surface area contributed by atoms with E-state index in [-0.39, 0.29) is 5.56 Å². The number of Topliss-reactive ketones (excluding diaryl/α,β-unsaturated/α-hetero) is 3. The molecule has 0 bridgehead atoms. The molecule has 7 nitrogen and oxygen atoms in total. The first-order chi connectivity index (χ1) is 9.75. The van der Waals surface area contributed by atoms with E-state index < -0.39 is 41.3 Å². The van der Waals surface area contributed by atoms with E-state index in [1.165, 1.54) is 12.1 Å². The van der Waals surface area contributed by atoms with Gasteiger partial charge in [-0.3, -0.25) is 14.4 Å². The van der Waals surface area contributed by atoms with Crippen molar-refractivity contribution in [2.45, 2.75) is 18.0 Å². The molecular weight excluding hydrogens is 280 g/mol. The Bertz CT molecular complexity index is 593. The van der Waals surface area contributed by atoms with Gasteiger partial charge in [0.1, 0.15) is 0 Å². The van der Waals surface area contributed by atoms with Gasteiger partial charge >= 0.3 is 0 Å². The van der Waals surface area contributed by atoms with E-state index in [2.05, 4.69) is 4.74 Å². The zero-order chi connectivity index (χ0) is 15.8. The fraction of sp³-hybridized carbons (Fsp3) is 0.357. The number of rotatable bonds is 3. The number of hydrogen-bond acceptors (Lipinski definition) is 7. The average Bonchev–Trinajstić information content (AvgIpc) is 2.49. The highest BCUT2D eigenvalue weighted by molar-refractivity contribution is 6.18. The van der Waals surface area contributed by atoms with E-state index in [1.807, 2.05) is 0 Å². The Hall–Kier alpha value is -1.93. The SMILES string of the molecule is COC1(O)C(=O)CC(C(=O)c2ccccc2)C(=O)C1(O)O. The highest BCUT2D eigenvalue weighted by Gasteiger charge is 2.66. The molecule has 2 atom stereocenters. The van der Waals surface area contributed by atoms with Crippen LogP contribution in [0.1, 0.15) is 16.8 Å². The van der Waals surface area contributed by atoms with Crippen LogP contribution in [0.5, 0.6) is 0 Å². The summed E-state index contributed by atoms with van der Waals surface area (Å²) in [6.45, 7) is 0. The second-order valence-electron chi connectivity index (χ2n) is 4.79. The first-order valence-electron chi connectivity index (χ1n) is 6.15. The minimum absolute atomic E-state index is 0.155. The van der Waals surface area contributed by atoms with E-state index in [1.54, 1.807) is 18.2 Å². The molecule has 0 amide bonds. The van der Waals surface area contributed by atoms with Crippen molar-refractivity contribution in [2.24, 2.45) is 5.92 Å². The van der Waals surface area contributed by atoms with Crippen LogP contribution in [0, 0.1) is 5.92 Å². The van der Waals surface area contributed by atoms with Crippen molar-refractivity contribution in [1.82, 2.24) is 0 Å². The Kier molecular flexibility index (Phi) is 3.77. The van der Waals surface area contributed by atoms with E-state index in [4.69, 9.17) is 0 Å². The molecule has 3 N–H and O–H groups in total. The summed E-state index contributed by atoms with van der Waals surface area (Å²) in [7, 11) is 0.853. The minimum atomic E-state index is -3.48. The van der Waals surface area contributed by atoms with Gasteiger partial charge in [-0.1, -0.05) is 30.3 Å². The van der Waals surface area contributed by atoms with Crippen molar-refractivity contribution in [1.29, 1.82) is 0 Å². The van der Waals surface area contributed by atoms with E-state index in [9.17, 15) is 29.7 Å². The van der Waals surface area contributed by atoms with E-state index in [0.29, 0.717) is 0 Å². The Morgan fingerprint density at radius 3 is 2.29 bits per heavy atom. The average molecular weight is 294 g/mol. The number of carbonyl (C=O) groups excluding carboxylic acids is 3. The van der Waals surface area contributed by atoms with Crippen LogP contribution in [0.4, 0.5) is 0 Å². The lowest BCUT2D eigenvalue weighted by Crippen LogP contribution is -2.70. The van der Waals surface area contributed by atoms with Gasteiger partial charge in [0.05, 0.1) is 5.92 Å². The van der Waals surface area contributed by atoms with Crippen molar-refractivity contribution >= 4 is 17.3 Å². The Balaban J connectivity index is 2.39. The van der Waals surface area contributed by atoms with Crippen LogP contribution in [0.15, 0.2) is 30.3 Å². The first-order valence-corrected chi connectivity index (χ1v) is 6.15. The van der Waals surface area contributed by atoms with Crippen molar-refractivity contribution in [3.63, 3.8) is 0 Å². The Morgan fingerprint density at radius 2 is 1.76 bits per heavy atom. The largest absolute Gasteiger partial charge is 0.355 e. The molecule has 112 valence electrons.